The van der Waals surface area contributed by atoms with Crippen molar-refractivity contribution in [3.05, 3.63) is 123 Å². The second kappa shape index (κ2) is 29.0. The van der Waals surface area contributed by atoms with Crippen LogP contribution in [0.1, 0.15) is 181 Å². The first-order chi connectivity index (χ1) is 47.0. The van der Waals surface area contributed by atoms with E-state index in [-0.39, 0.29) is 83.6 Å². The molecule has 0 bridgehead atoms. The number of aryl methyl sites for hydroxylation is 3. The molecule has 3 aromatic carbocycles. The van der Waals surface area contributed by atoms with Gasteiger partial charge in [0.2, 0.25) is 17.8 Å². The zero-order chi connectivity index (χ0) is 74.2. The van der Waals surface area contributed by atoms with Gasteiger partial charge in [0.15, 0.2) is 35.3 Å². The van der Waals surface area contributed by atoms with E-state index >= 15 is 0 Å². The third kappa shape index (κ3) is 15.4. The monoisotopic (exact) mass is 1460 g/mol. The molecule has 0 saturated carbocycles. The first-order valence-electron chi connectivity index (χ1n) is 33.4. The van der Waals surface area contributed by atoms with E-state index in [9.17, 15) is 55.3 Å². The summed E-state index contributed by atoms with van der Waals surface area (Å²) in [6.45, 7) is 30.4. The Hall–Kier alpha value is -8.46. The van der Waals surface area contributed by atoms with E-state index in [1.165, 1.54) is 13.8 Å². The number of nitrogens with zero attached hydrogens (tertiary/aromatic N) is 15. The number of esters is 1. The maximum Gasteiger partial charge on any atom is 0.302 e. The number of aliphatic hydroxyl groups is 4. The van der Waals surface area contributed by atoms with Gasteiger partial charge < -0.3 is 53.6 Å². The fourth-order valence-corrected chi connectivity index (χ4v) is 16.8. The van der Waals surface area contributed by atoms with Gasteiger partial charge in [-0.05, 0) is 121 Å². The predicted octanol–water partition coefficient (Wildman–Crippen LogP) is 8.61. The Morgan fingerprint density at radius 1 is 0.490 bits per heavy atom. The van der Waals surface area contributed by atoms with Gasteiger partial charge in [-0.2, -0.15) is 0 Å². The van der Waals surface area contributed by atoms with Crippen molar-refractivity contribution in [1.82, 2.24) is 58.6 Å². The number of rotatable bonds is 16. The van der Waals surface area contributed by atoms with Gasteiger partial charge in [0.25, 0.3) is 0 Å². The first kappa shape index (κ1) is 77.7. The molecule has 0 aliphatic carbocycles. The van der Waals surface area contributed by atoms with Crippen LogP contribution in [-0.4, -0.2) is 154 Å². The molecule has 0 saturated heterocycles. The highest BCUT2D eigenvalue weighted by molar-refractivity contribution is 7.91. The van der Waals surface area contributed by atoms with Gasteiger partial charge >= 0.3 is 5.97 Å². The first-order valence-corrected chi connectivity index (χ1v) is 39.0. The number of fused-ring (bicyclic) bond motifs is 9. The lowest BCUT2D eigenvalue weighted by Crippen LogP contribution is -2.42. The van der Waals surface area contributed by atoms with Crippen molar-refractivity contribution in [3.63, 3.8) is 0 Å². The Labute approximate surface area is 596 Å². The highest BCUT2D eigenvalue weighted by Gasteiger charge is 2.40. The summed E-state index contributed by atoms with van der Waals surface area (Å²) in [5, 5.41) is 40.2. The van der Waals surface area contributed by atoms with Crippen molar-refractivity contribution >= 4 is 92.2 Å². The lowest BCUT2D eigenvalue weighted by atomic mass is 9.98. The largest absolute Gasteiger partial charge is 0.461 e. The Kier molecular flexibility index (Phi) is 22.1. The minimum atomic E-state index is -3.57. The number of hydrogen-bond donors (Lipinski definition) is 4. The molecule has 0 radical (unpaired) electrons. The van der Waals surface area contributed by atoms with E-state index in [1.807, 2.05) is 18.4 Å². The molecule has 0 fully saturated rings. The normalized spacial score (nSPS) is 16.6. The summed E-state index contributed by atoms with van der Waals surface area (Å²) in [7, 11) is -10.6. The molecule has 9 aromatic rings. The molecule has 12 rings (SSSR count). The topological polar surface area (TPSA) is 367 Å². The standard InChI is InChI=1S/C24H29N5O5S.2C23H31N5O4S.CH4/c1-13(2)22-23-27-19-9-17(12-34-16(5)31)21(35(6,32)33)10-20(19)28(23)7-8-29(22)24-25-11-18(15(4)30)14(3)26-24;2*1-13(2)20-21-26-17-9-15(12-29)19(33(6,31)32)10-18(17)27(21)7-8-28(20)22-24-11-16(14(3)25-22)23(4,5)30;/h9-11,13,22H,7-8,12H2,1-6H3;2*9-11,13,20,29-30H,7-8,12H2,1-6H3;1H4/t22-;2*20-;/m110./s1. The van der Waals surface area contributed by atoms with E-state index in [4.69, 9.17) is 29.7 Å². The maximum atomic E-state index is 12.5. The molecule has 3 aliphatic rings. The molecule has 0 amide bonds. The molecule has 6 aromatic heterocycles. The van der Waals surface area contributed by atoms with E-state index in [1.54, 1.807) is 89.6 Å². The molecule has 0 spiro atoms. The molecule has 28 nitrogen and oxygen atoms in total. The van der Waals surface area contributed by atoms with Crippen LogP contribution >= 0.6 is 0 Å². The van der Waals surface area contributed by atoms with Gasteiger partial charge in [0.05, 0.1) is 102 Å². The number of ether oxygens (including phenoxy) is 1. The maximum absolute atomic E-state index is 12.5. The Bertz CT molecular complexity index is 4890. The molecular weight excluding hydrogens is 1370 g/mol. The van der Waals surface area contributed by atoms with Crippen molar-refractivity contribution in [1.29, 1.82) is 0 Å². The second-order valence-corrected chi connectivity index (χ2v) is 34.4. The minimum Gasteiger partial charge on any atom is -0.461 e. The molecule has 31 heteroatoms. The Morgan fingerprint density at radius 2 is 0.794 bits per heavy atom. The number of aliphatic hydroxyl groups excluding tert-OH is 2. The Morgan fingerprint density at radius 3 is 1.06 bits per heavy atom. The number of hydrogen-bond acceptors (Lipinski definition) is 25. The van der Waals surface area contributed by atoms with Crippen molar-refractivity contribution in [2.75, 3.05) is 53.1 Å². The zero-order valence-corrected chi connectivity index (χ0v) is 62.9. The van der Waals surface area contributed by atoms with Crippen LogP contribution in [0, 0.1) is 38.5 Å². The second-order valence-electron chi connectivity index (χ2n) is 28.5. The molecule has 3 atom stereocenters. The van der Waals surface area contributed by atoms with Crippen LogP contribution in [0.25, 0.3) is 33.1 Å². The van der Waals surface area contributed by atoms with Crippen molar-refractivity contribution < 1.29 is 60.0 Å². The van der Waals surface area contributed by atoms with Gasteiger partial charge in [-0.25, -0.2) is 70.1 Å². The molecule has 102 heavy (non-hydrogen) atoms. The molecule has 9 heterocycles. The van der Waals surface area contributed by atoms with Gasteiger partial charge in [-0.3, -0.25) is 9.59 Å². The van der Waals surface area contributed by atoms with E-state index < -0.39 is 46.7 Å². The van der Waals surface area contributed by atoms with E-state index in [0.29, 0.717) is 118 Å². The number of sulfone groups is 3. The van der Waals surface area contributed by atoms with Crippen LogP contribution in [0.3, 0.4) is 0 Å². The summed E-state index contributed by atoms with van der Waals surface area (Å²) in [5.74, 6) is 3.99. The van der Waals surface area contributed by atoms with Crippen LogP contribution in [-0.2, 0) is 89.7 Å². The van der Waals surface area contributed by atoms with Crippen LogP contribution in [0.15, 0.2) is 69.7 Å². The lowest BCUT2D eigenvalue weighted by molar-refractivity contribution is -0.142. The van der Waals surface area contributed by atoms with Crippen LogP contribution in [0.2, 0.25) is 0 Å². The molecule has 3 aliphatic heterocycles. The minimum absolute atomic E-state index is 0. The van der Waals surface area contributed by atoms with Crippen LogP contribution < -0.4 is 14.7 Å². The molecule has 550 valence electrons. The zero-order valence-electron chi connectivity index (χ0n) is 60.4. The molecular formula is C71H95N15O13S3. The van der Waals surface area contributed by atoms with Crippen LogP contribution in [0.4, 0.5) is 17.8 Å². The smallest absolute Gasteiger partial charge is 0.302 e. The molecule has 0 unspecified atom stereocenters. The fraction of sp³-hybridized carbons (Fsp3) is 0.507. The van der Waals surface area contributed by atoms with Gasteiger partial charge in [0, 0.05) is 112 Å². The third-order valence-corrected chi connectivity index (χ3v) is 22.1. The quantitative estimate of drug-likeness (QED) is 0.0519. The summed E-state index contributed by atoms with van der Waals surface area (Å²) in [4.78, 5) is 72.1. The SMILES string of the molecule is C.CC(=O)OCc1cc2nc3n(c2cc1S(C)(=O)=O)CCN(c1ncc(C(C)=O)c(C)n1)[C@@H]3C(C)C.Cc1nc(N2CCn3c(nc4cc(CO)c(S(C)(=O)=O)cc43)[C@@H]2C(C)C)ncc1C(C)(C)O.Cc1nc(N2CCn3c(nc4cc(CO)c(S(C)(=O)=O)cc43)[C@H]2C(C)C)ncc1C(C)(C)O. The fourth-order valence-electron chi connectivity index (χ4n) is 14.0. The summed E-state index contributed by atoms with van der Waals surface area (Å²) < 4.78 is 85.5. The summed E-state index contributed by atoms with van der Waals surface area (Å²) >= 11 is 0. The third-order valence-electron chi connectivity index (χ3n) is 18.6. The molecule has 4 N–H and O–H groups in total. The summed E-state index contributed by atoms with van der Waals surface area (Å²) in [6.07, 6.45) is 8.36. The lowest BCUT2D eigenvalue weighted by Gasteiger charge is -2.38. The number of ketones is 1. The van der Waals surface area contributed by atoms with Gasteiger partial charge in [-0.1, -0.05) is 49.0 Å². The van der Waals surface area contributed by atoms with E-state index in [2.05, 4.69) is 85.3 Å². The Balaban J connectivity index is 0.000000177. The average Bonchev–Trinajstić information content (AvgIpc) is 1.57. The number of aromatic nitrogens is 12. The van der Waals surface area contributed by atoms with Crippen molar-refractivity contribution in [2.24, 2.45) is 17.8 Å². The van der Waals surface area contributed by atoms with Crippen molar-refractivity contribution in [2.45, 2.75) is 195 Å². The summed E-state index contributed by atoms with van der Waals surface area (Å²) in [5.41, 5.74) is 7.08. The number of Topliss-reactive ketones (excluding diaryl/α,β-unsaturated/α-hetero) is 1. The van der Waals surface area contributed by atoms with Crippen molar-refractivity contribution in [3.8, 4) is 0 Å². The number of anilines is 3. The number of carbonyl (C=O) groups is 2. The predicted molar refractivity (Wildman–Crippen MR) is 388 cm³/mol. The van der Waals surface area contributed by atoms with Crippen LogP contribution in [0.5, 0.6) is 0 Å². The van der Waals surface area contributed by atoms with E-state index in [0.717, 1.165) is 58.7 Å². The highest BCUT2D eigenvalue weighted by Crippen LogP contribution is 2.42. The summed E-state index contributed by atoms with van der Waals surface area (Å²) in [6, 6.07) is 9.46. The average molecular weight is 1460 g/mol. The number of imidazole rings is 3. The van der Waals surface area contributed by atoms with Gasteiger partial charge in [0.1, 0.15) is 24.1 Å². The highest BCUT2D eigenvalue weighted by atomic mass is 32.2. The van der Waals surface area contributed by atoms with Gasteiger partial charge in [-0.15, -0.1) is 0 Å². The number of benzene rings is 3. The number of carbonyl (C=O) groups excluding carboxylic acids is 2.